The highest BCUT2D eigenvalue weighted by Gasteiger charge is 2.28. The molecule has 1 heterocycles. The van der Waals surface area contributed by atoms with Gasteiger partial charge in [0.2, 0.25) is 0 Å². The molecular formula is C17H33NO. The molecule has 1 rings (SSSR count). The maximum absolute atomic E-state index is 12.5. The summed E-state index contributed by atoms with van der Waals surface area (Å²) in [5.41, 5.74) is 0. The van der Waals surface area contributed by atoms with Crippen molar-refractivity contribution in [3.05, 3.63) is 0 Å². The van der Waals surface area contributed by atoms with Gasteiger partial charge in [-0.1, -0.05) is 58.8 Å². The van der Waals surface area contributed by atoms with Crippen molar-refractivity contribution in [3.63, 3.8) is 0 Å². The SMILES string of the molecule is CCCCCCC(CCCCC)C(=O)[C@@H]1CCCN1. The summed E-state index contributed by atoms with van der Waals surface area (Å²) in [6, 6.07) is 0.179. The zero-order valence-corrected chi connectivity index (χ0v) is 13.0. The van der Waals surface area contributed by atoms with Gasteiger partial charge >= 0.3 is 0 Å². The second-order valence-electron chi connectivity index (χ2n) is 6.09. The van der Waals surface area contributed by atoms with Gasteiger partial charge in [-0.3, -0.25) is 4.79 Å². The standard InChI is InChI=1S/C17H33NO/c1-3-5-7-9-12-15(11-8-6-4-2)17(19)16-13-10-14-18-16/h15-16,18H,3-14H2,1-2H3/t15?,16-/m0/s1. The predicted octanol–water partition coefficient (Wildman–Crippen LogP) is 4.47. The molecular weight excluding hydrogens is 234 g/mol. The fourth-order valence-electron chi connectivity index (χ4n) is 3.10. The van der Waals surface area contributed by atoms with Gasteiger partial charge in [-0.05, 0) is 32.2 Å². The molecule has 0 amide bonds. The number of carbonyl (C=O) groups is 1. The Labute approximate surface area is 119 Å². The quantitative estimate of drug-likeness (QED) is 0.559. The summed E-state index contributed by atoms with van der Waals surface area (Å²) in [5.74, 6) is 0.851. The van der Waals surface area contributed by atoms with E-state index in [4.69, 9.17) is 0 Å². The van der Waals surface area contributed by atoms with Crippen LogP contribution in [0.25, 0.3) is 0 Å². The van der Waals surface area contributed by atoms with Gasteiger partial charge < -0.3 is 5.32 Å². The smallest absolute Gasteiger partial charge is 0.152 e. The third kappa shape index (κ3) is 6.56. The van der Waals surface area contributed by atoms with Crippen molar-refractivity contribution in [1.29, 1.82) is 0 Å². The molecule has 2 nitrogen and oxygen atoms in total. The van der Waals surface area contributed by atoms with Crippen molar-refractivity contribution < 1.29 is 4.79 Å². The minimum absolute atomic E-state index is 0.179. The average molecular weight is 267 g/mol. The van der Waals surface area contributed by atoms with Gasteiger partial charge in [-0.25, -0.2) is 0 Å². The predicted molar refractivity (Wildman–Crippen MR) is 82.4 cm³/mol. The summed E-state index contributed by atoms with van der Waals surface area (Å²) in [6.45, 7) is 5.51. The molecule has 0 aromatic heterocycles. The molecule has 0 aromatic carbocycles. The highest BCUT2D eigenvalue weighted by atomic mass is 16.1. The number of carbonyl (C=O) groups excluding carboxylic acids is 1. The normalized spacial score (nSPS) is 20.6. The molecule has 1 saturated heterocycles. The van der Waals surface area contributed by atoms with E-state index in [0.717, 1.165) is 25.8 Å². The fraction of sp³-hybridized carbons (Fsp3) is 0.941. The molecule has 0 radical (unpaired) electrons. The summed E-state index contributed by atoms with van der Waals surface area (Å²) in [7, 11) is 0. The van der Waals surface area contributed by atoms with E-state index in [9.17, 15) is 4.79 Å². The fourth-order valence-corrected chi connectivity index (χ4v) is 3.10. The Hall–Kier alpha value is -0.370. The summed E-state index contributed by atoms with van der Waals surface area (Å²) < 4.78 is 0. The maximum atomic E-state index is 12.5. The zero-order valence-electron chi connectivity index (χ0n) is 13.0. The molecule has 2 heteroatoms. The van der Waals surface area contributed by atoms with Gasteiger partial charge in [0.15, 0.2) is 5.78 Å². The van der Waals surface area contributed by atoms with Crippen LogP contribution in [0.1, 0.15) is 84.5 Å². The number of hydrogen-bond donors (Lipinski definition) is 1. The molecule has 0 saturated carbocycles. The first-order chi connectivity index (χ1) is 9.29. The Morgan fingerprint density at radius 1 is 1.05 bits per heavy atom. The van der Waals surface area contributed by atoms with Crippen LogP contribution < -0.4 is 5.32 Å². The average Bonchev–Trinajstić information content (AvgIpc) is 2.95. The van der Waals surface area contributed by atoms with E-state index in [-0.39, 0.29) is 6.04 Å². The van der Waals surface area contributed by atoms with Crippen molar-refractivity contribution in [2.24, 2.45) is 5.92 Å². The van der Waals surface area contributed by atoms with E-state index in [0.29, 0.717) is 11.7 Å². The number of hydrogen-bond acceptors (Lipinski definition) is 2. The lowest BCUT2D eigenvalue weighted by atomic mass is 9.87. The Bertz CT molecular complexity index is 233. The third-order valence-corrected chi connectivity index (χ3v) is 4.37. The maximum Gasteiger partial charge on any atom is 0.152 e. The van der Waals surface area contributed by atoms with Crippen molar-refractivity contribution in [2.75, 3.05) is 6.54 Å². The van der Waals surface area contributed by atoms with E-state index in [1.165, 1.54) is 51.4 Å². The van der Waals surface area contributed by atoms with E-state index >= 15 is 0 Å². The lowest BCUT2D eigenvalue weighted by Gasteiger charge is -2.19. The molecule has 1 fully saturated rings. The molecule has 1 N–H and O–H groups in total. The lowest BCUT2D eigenvalue weighted by molar-refractivity contribution is -0.125. The number of Topliss-reactive ketones (excluding diaryl/α,β-unsaturated/α-hetero) is 1. The third-order valence-electron chi connectivity index (χ3n) is 4.37. The Morgan fingerprint density at radius 3 is 2.26 bits per heavy atom. The van der Waals surface area contributed by atoms with Crippen molar-refractivity contribution >= 4 is 5.78 Å². The lowest BCUT2D eigenvalue weighted by Crippen LogP contribution is -2.35. The van der Waals surface area contributed by atoms with Gasteiger partial charge in [0.05, 0.1) is 6.04 Å². The van der Waals surface area contributed by atoms with Crippen LogP contribution >= 0.6 is 0 Å². The van der Waals surface area contributed by atoms with Crippen LogP contribution in [0.2, 0.25) is 0 Å². The molecule has 0 bridgehead atoms. The number of unbranched alkanes of at least 4 members (excludes halogenated alkanes) is 5. The van der Waals surface area contributed by atoms with Crippen LogP contribution in [0, 0.1) is 5.92 Å². The van der Waals surface area contributed by atoms with Crippen LogP contribution in [0.4, 0.5) is 0 Å². The van der Waals surface area contributed by atoms with E-state index in [2.05, 4.69) is 19.2 Å². The van der Waals surface area contributed by atoms with E-state index in [1.54, 1.807) is 0 Å². The molecule has 2 atom stereocenters. The van der Waals surface area contributed by atoms with Crippen LogP contribution in [-0.2, 0) is 4.79 Å². The first kappa shape index (κ1) is 16.7. The molecule has 0 aromatic rings. The van der Waals surface area contributed by atoms with Crippen LogP contribution in [0.3, 0.4) is 0 Å². The zero-order chi connectivity index (χ0) is 13.9. The topological polar surface area (TPSA) is 29.1 Å². The minimum atomic E-state index is 0.179. The number of rotatable bonds is 11. The molecule has 1 unspecified atom stereocenters. The Balaban J connectivity index is 2.35. The summed E-state index contributed by atoms with van der Waals surface area (Å²) in [4.78, 5) is 12.5. The van der Waals surface area contributed by atoms with Crippen molar-refractivity contribution in [3.8, 4) is 0 Å². The van der Waals surface area contributed by atoms with Gasteiger partial charge in [0, 0.05) is 5.92 Å². The molecule has 1 aliphatic rings. The van der Waals surface area contributed by atoms with Crippen molar-refractivity contribution in [1.82, 2.24) is 5.32 Å². The summed E-state index contributed by atoms with van der Waals surface area (Å²) in [6.07, 6.45) is 13.4. The first-order valence-electron chi connectivity index (χ1n) is 8.56. The minimum Gasteiger partial charge on any atom is -0.307 e. The molecule has 1 aliphatic heterocycles. The van der Waals surface area contributed by atoms with Crippen LogP contribution in [0.5, 0.6) is 0 Å². The van der Waals surface area contributed by atoms with Crippen molar-refractivity contribution in [2.45, 2.75) is 90.5 Å². The number of nitrogens with one attached hydrogen (secondary N) is 1. The Kier molecular flexibility index (Phi) is 9.15. The second kappa shape index (κ2) is 10.4. The molecule has 0 spiro atoms. The van der Waals surface area contributed by atoms with E-state index in [1.807, 2.05) is 0 Å². The summed E-state index contributed by atoms with van der Waals surface area (Å²) in [5, 5.41) is 3.38. The molecule has 112 valence electrons. The van der Waals surface area contributed by atoms with Gasteiger partial charge in [0.25, 0.3) is 0 Å². The monoisotopic (exact) mass is 267 g/mol. The van der Waals surface area contributed by atoms with Crippen LogP contribution in [-0.4, -0.2) is 18.4 Å². The summed E-state index contributed by atoms with van der Waals surface area (Å²) >= 11 is 0. The molecule has 0 aliphatic carbocycles. The van der Waals surface area contributed by atoms with Crippen LogP contribution in [0.15, 0.2) is 0 Å². The largest absolute Gasteiger partial charge is 0.307 e. The van der Waals surface area contributed by atoms with Gasteiger partial charge in [-0.15, -0.1) is 0 Å². The second-order valence-corrected chi connectivity index (χ2v) is 6.09. The first-order valence-corrected chi connectivity index (χ1v) is 8.56. The number of ketones is 1. The molecule has 19 heavy (non-hydrogen) atoms. The Morgan fingerprint density at radius 2 is 1.68 bits per heavy atom. The van der Waals surface area contributed by atoms with Gasteiger partial charge in [-0.2, -0.15) is 0 Å². The highest BCUT2D eigenvalue weighted by molar-refractivity contribution is 5.86. The van der Waals surface area contributed by atoms with E-state index < -0.39 is 0 Å². The van der Waals surface area contributed by atoms with Gasteiger partial charge in [0.1, 0.15) is 0 Å². The highest BCUT2D eigenvalue weighted by Crippen LogP contribution is 2.22.